The van der Waals surface area contributed by atoms with Gasteiger partial charge in [-0.1, -0.05) is 78.1 Å². The van der Waals surface area contributed by atoms with Crippen LogP contribution in [0.4, 0.5) is 0 Å². The Kier molecular flexibility index (Phi) is 14.7. The topological polar surface area (TPSA) is 52.5 Å². The summed E-state index contributed by atoms with van der Waals surface area (Å²) in [5.74, 6) is 0. The molecule has 1 radical (unpaired) electrons. The lowest BCUT2D eigenvalue weighted by molar-refractivity contribution is -0.0642. The molecule has 21 heavy (non-hydrogen) atoms. The van der Waals surface area contributed by atoms with Crippen molar-refractivity contribution < 1.29 is 10.2 Å². The van der Waals surface area contributed by atoms with Crippen molar-refractivity contribution in [3.05, 3.63) is 6.42 Å². The first-order valence-corrected chi connectivity index (χ1v) is 9.03. The minimum atomic E-state index is -1.28. The van der Waals surface area contributed by atoms with Gasteiger partial charge < -0.3 is 15.5 Å². The summed E-state index contributed by atoms with van der Waals surface area (Å²) in [7, 11) is 0. The van der Waals surface area contributed by atoms with Gasteiger partial charge in [-0.2, -0.15) is 0 Å². The average Bonchev–Trinajstić information content (AvgIpc) is 2.47. The lowest BCUT2D eigenvalue weighted by atomic mass is 10.0. The largest absolute Gasteiger partial charge is 0.367 e. The third kappa shape index (κ3) is 13.3. The average molecular weight is 301 g/mol. The van der Waals surface area contributed by atoms with Crippen molar-refractivity contribution >= 4 is 0 Å². The fraction of sp³-hybridized carbons (Fsp3) is 0.944. The molecule has 0 amide bonds. The quantitative estimate of drug-likeness (QED) is 0.314. The Labute approximate surface area is 132 Å². The monoisotopic (exact) mass is 300 g/mol. The number of rotatable bonds is 15. The van der Waals surface area contributed by atoms with E-state index in [-0.39, 0.29) is 12.1 Å². The summed E-state index contributed by atoms with van der Waals surface area (Å²) in [5.41, 5.74) is 0. The van der Waals surface area contributed by atoms with Crippen LogP contribution in [-0.4, -0.2) is 28.6 Å². The smallest absolute Gasteiger partial charge is 0.166 e. The van der Waals surface area contributed by atoms with E-state index in [2.05, 4.69) is 18.7 Å². The molecule has 3 nitrogen and oxygen atoms in total. The minimum absolute atomic E-state index is 0.269. The number of hydrogen-bond donors (Lipinski definition) is 3. The highest BCUT2D eigenvalue weighted by atomic mass is 16.5. The zero-order chi connectivity index (χ0) is 15.9. The predicted molar refractivity (Wildman–Crippen MR) is 91.0 cm³/mol. The van der Waals surface area contributed by atoms with Crippen LogP contribution in [0.1, 0.15) is 91.4 Å². The molecule has 2 atom stereocenters. The van der Waals surface area contributed by atoms with Crippen LogP contribution in [0.25, 0.3) is 0 Å². The summed E-state index contributed by atoms with van der Waals surface area (Å²) in [6.07, 6.45) is 15.5. The predicted octanol–water partition coefficient (Wildman–Crippen LogP) is 4.18. The highest BCUT2D eigenvalue weighted by molar-refractivity contribution is 4.81. The van der Waals surface area contributed by atoms with Crippen LogP contribution in [0.2, 0.25) is 0 Å². The molecule has 0 rings (SSSR count). The maximum Gasteiger partial charge on any atom is 0.166 e. The molecule has 0 bridgehead atoms. The fourth-order valence-electron chi connectivity index (χ4n) is 2.62. The van der Waals surface area contributed by atoms with E-state index in [9.17, 15) is 0 Å². The normalized spacial score (nSPS) is 14.6. The van der Waals surface area contributed by atoms with Gasteiger partial charge in [-0.15, -0.1) is 0 Å². The first-order chi connectivity index (χ1) is 10.1. The first-order valence-electron chi connectivity index (χ1n) is 9.03. The maximum atomic E-state index is 9.09. The Morgan fingerprint density at radius 2 is 1.33 bits per heavy atom. The van der Waals surface area contributed by atoms with Gasteiger partial charge in [0.25, 0.3) is 0 Å². The molecule has 0 aromatic heterocycles. The van der Waals surface area contributed by atoms with Crippen LogP contribution in [0.15, 0.2) is 0 Å². The van der Waals surface area contributed by atoms with E-state index >= 15 is 0 Å². The molecule has 0 heterocycles. The SMILES string of the molecule is C[CH]C(CCCCCCCCCCCC)NC(C)C(O)O. The summed E-state index contributed by atoms with van der Waals surface area (Å²) in [6, 6.07) is 0.0187. The number of nitrogens with one attached hydrogen (secondary N) is 1. The second kappa shape index (κ2) is 14.8. The van der Waals surface area contributed by atoms with Gasteiger partial charge >= 0.3 is 0 Å². The zero-order valence-electron chi connectivity index (χ0n) is 14.5. The lowest BCUT2D eigenvalue weighted by Gasteiger charge is -2.23. The Bertz CT molecular complexity index is 209. The Balaban J connectivity index is 3.39. The number of unbranched alkanes of at least 4 members (excludes halogenated alkanes) is 9. The summed E-state index contributed by atoms with van der Waals surface area (Å²) in [6.45, 7) is 6.10. The Morgan fingerprint density at radius 3 is 1.76 bits per heavy atom. The van der Waals surface area contributed by atoms with Crippen molar-refractivity contribution in [3.63, 3.8) is 0 Å². The summed E-state index contributed by atoms with van der Waals surface area (Å²) in [4.78, 5) is 0. The summed E-state index contributed by atoms with van der Waals surface area (Å²) < 4.78 is 0. The summed E-state index contributed by atoms with van der Waals surface area (Å²) in [5, 5.41) is 21.4. The molecule has 3 heteroatoms. The van der Waals surface area contributed by atoms with Gasteiger partial charge in [0.05, 0.1) is 6.04 Å². The molecule has 0 fully saturated rings. The van der Waals surface area contributed by atoms with Gasteiger partial charge in [0, 0.05) is 6.04 Å². The van der Waals surface area contributed by atoms with E-state index in [0.29, 0.717) is 0 Å². The van der Waals surface area contributed by atoms with Crippen LogP contribution < -0.4 is 5.32 Å². The van der Waals surface area contributed by atoms with Crippen LogP contribution in [0.5, 0.6) is 0 Å². The minimum Gasteiger partial charge on any atom is -0.367 e. The van der Waals surface area contributed by atoms with Crippen molar-refractivity contribution in [2.75, 3.05) is 0 Å². The van der Waals surface area contributed by atoms with Crippen LogP contribution >= 0.6 is 0 Å². The van der Waals surface area contributed by atoms with Crippen LogP contribution in [0, 0.1) is 6.42 Å². The molecule has 0 aliphatic carbocycles. The van der Waals surface area contributed by atoms with Gasteiger partial charge in [-0.05, 0) is 19.8 Å². The molecule has 2 unspecified atom stereocenters. The lowest BCUT2D eigenvalue weighted by Crippen LogP contribution is -2.43. The van der Waals surface area contributed by atoms with Gasteiger partial charge in [-0.3, -0.25) is 0 Å². The van der Waals surface area contributed by atoms with E-state index in [1.54, 1.807) is 6.92 Å². The van der Waals surface area contributed by atoms with Gasteiger partial charge in [0.1, 0.15) is 0 Å². The molecule has 0 saturated carbocycles. The molecule has 0 aliphatic heterocycles. The number of aliphatic hydroxyl groups is 2. The van der Waals surface area contributed by atoms with E-state index < -0.39 is 6.29 Å². The first kappa shape index (κ1) is 20.9. The molecular formula is C18H38NO2. The van der Waals surface area contributed by atoms with Crippen molar-refractivity contribution in [1.29, 1.82) is 0 Å². The molecule has 0 aromatic rings. The standard InChI is InChI=1S/C18H38NO2/c1-4-6-7-8-9-10-11-12-13-14-15-17(5-2)19-16(3)18(20)21/h5,16-21H,4,6-15H2,1-3H3. The van der Waals surface area contributed by atoms with Gasteiger partial charge in [0.15, 0.2) is 6.29 Å². The Hall–Kier alpha value is -0.120. The summed E-state index contributed by atoms with van der Waals surface area (Å²) >= 11 is 0. The van der Waals surface area contributed by atoms with E-state index in [0.717, 1.165) is 6.42 Å². The highest BCUT2D eigenvalue weighted by Crippen LogP contribution is 2.13. The van der Waals surface area contributed by atoms with Gasteiger partial charge in [0.2, 0.25) is 0 Å². The molecule has 127 valence electrons. The molecule has 0 saturated heterocycles. The molecular weight excluding hydrogens is 262 g/mol. The van der Waals surface area contributed by atoms with Crippen LogP contribution in [-0.2, 0) is 0 Å². The van der Waals surface area contributed by atoms with Gasteiger partial charge in [-0.25, -0.2) is 0 Å². The maximum absolute atomic E-state index is 9.09. The third-order valence-electron chi connectivity index (χ3n) is 4.20. The van der Waals surface area contributed by atoms with E-state index in [1.807, 2.05) is 6.92 Å². The number of hydrogen-bond acceptors (Lipinski definition) is 3. The van der Waals surface area contributed by atoms with Crippen LogP contribution in [0.3, 0.4) is 0 Å². The second-order valence-electron chi connectivity index (χ2n) is 6.28. The Morgan fingerprint density at radius 1 is 0.857 bits per heavy atom. The molecule has 0 aromatic carbocycles. The molecule has 0 aliphatic rings. The van der Waals surface area contributed by atoms with Crippen molar-refractivity contribution in [2.24, 2.45) is 0 Å². The second-order valence-corrected chi connectivity index (χ2v) is 6.28. The van der Waals surface area contributed by atoms with Crippen molar-refractivity contribution in [3.8, 4) is 0 Å². The van der Waals surface area contributed by atoms with Crippen molar-refractivity contribution in [2.45, 2.75) is 110 Å². The molecule has 0 spiro atoms. The molecule has 3 N–H and O–H groups in total. The van der Waals surface area contributed by atoms with E-state index in [1.165, 1.54) is 64.2 Å². The van der Waals surface area contributed by atoms with Crippen molar-refractivity contribution in [1.82, 2.24) is 5.32 Å². The fourth-order valence-corrected chi connectivity index (χ4v) is 2.62. The highest BCUT2D eigenvalue weighted by Gasteiger charge is 2.14. The zero-order valence-corrected chi connectivity index (χ0v) is 14.5. The third-order valence-corrected chi connectivity index (χ3v) is 4.20. The van der Waals surface area contributed by atoms with E-state index in [4.69, 9.17) is 10.2 Å². The number of aliphatic hydroxyl groups excluding tert-OH is 1.